The van der Waals surface area contributed by atoms with Gasteiger partial charge in [-0.1, -0.05) is 46.3 Å². The summed E-state index contributed by atoms with van der Waals surface area (Å²) in [7, 11) is 0. The van der Waals surface area contributed by atoms with Crippen molar-refractivity contribution < 1.29 is 4.79 Å². The second kappa shape index (κ2) is 5.41. The fourth-order valence-corrected chi connectivity index (χ4v) is 3.30. The third-order valence-electron chi connectivity index (χ3n) is 3.72. The van der Waals surface area contributed by atoms with Gasteiger partial charge < -0.3 is 4.90 Å². The van der Waals surface area contributed by atoms with E-state index in [1.165, 1.54) is 5.56 Å². The minimum absolute atomic E-state index is 0.167. The molecule has 1 heterocycles. The van der Waals surface area contributed by atoms with Gasteiger partial charge in [-0.05, 0) is 42.7 Å². The van der Waals surface area contributed by atoms with Gasteiger partial charge in [0.25, 0.3) is 0 Å². The van der Waals surface area contributed by atoms with Crippen LogP contribution in [0, 0.1) is 0 Å². The highest BCUT2D eigenvalue weighted by atomic mass is 79.9. The first kappa shape index (κ1) is 13.4. The number of hydrogen-bond donors (Lipinski definition) is 0. The third-order valence-corrected chi connectivity index (χ3v) is 4.21. The number of nitrogens with zero attached hydrogens (tertiary/aromatic N) is 1. The lowest BCUT2D eigenvalue weighted by atomic mass is 10.1. The van der Waals surface area contributed by atoms with E-state index in [1.807, 2.05) is 47.4 Å². The minimum Gasteiger partial charge on any atom is -0.309 e. The Hall–Kier alpha value is -1.61. The Morgan fingerprint density at radius 3 is 2.85 bits per heavy atom. The highest BCUT2D eigenvalue weighted by molar-refractivity contribution is 9.10. The number of fused-ring (bicyclic) bond motifs is 1. The van der Waals surface area contributed by atoms with Crippen LogP contribution in [0.15, 0.2) is 53.0 Å². The number of carbonyl (C=O) groups excluding carboxylic acids is 1. The first-order valence-electron chi connectivity index (χ1n) is 6.79. The number of benzene rings is 2. The number of carbonyl (C=O) groups is 1. The van der Waals surface area contributed by atoms with Crippen LogP contribution in [0.1, 0.15) is 18.1 Å². The molecule has 0 bridgehead atoms. The van der Waals surface area contributed by atoms with Crippen molar-refractivity contribution in [3.05, 3.63) is 64.1 Å². The van der Waals surface area contributed by atoms with Gasteiger partial charge in [-0.25, -0.2) is 0 Å². The highest BCUT2D eigenvalue weighted by Gasteiger charge is 2.30. The maximum absolute atomic E-state index is 12.6. The van der Waals surface area contributed by atoms with Gasteiger partial charge in [0.2, 0.25) is 5.91 Å². The monoisotopic (exact) mass is 329 g/mol. The first-order valence-corrected chi connectivity index (χ1v) is 7.59. The molecule has 0 N–H and O–H groups in total. The molecule has 1 amide bonds. The molecule has 0 aliphatic carbocycles. The molecule has 1 unspecified atom stereocenters. The van der Waals surface area contributed by atoms with Crippen LogP contribution in [0.3, 0.4) is 0 Å². The average Bonchev–Trinajstić information content (AvgIpc) is 2.74. The summed E-state index contributed by atoms with van der Waals surface area (Å²) >= 11 is 3.45. The molecule has 3 heteroatoms. The summed E-state index contributed by atoms with van der Waals surface area (Å²) in [6, 6.07) is 16.4. The zero-order valence-electron chi connectivity index (χ0n) is 11.3. The summed E-state index contributed by atoms with van der Waals surface area (Å²) in [5.74, 6) is 0.167. The van der Waals surface area contributed by atoms with Gasteiger partial charge in [0.15, 0.2) is 0 Å². The molecular weight excluding hydrogens is 314 g/mol. The van der Waals surface area contributed by atoms with Crippen LogP contribution in [0.5, 0.6) is 0 Å². The van der Waals surface area contributed by atoms with E-state index in [4.69, 9.17) is 0 Å². The molecule has 1 aliphatic heterocycles. The fourth-order valence-electron chi connectivity index (χ4n) is 2.85. The van der Waals surface area contributed by atoms with E-state index in [0.717, 1.165) is 22.1 Å². The maximum Gasteiger partial charge on any atom is 0.231 e. The lowest BCUT2D eigenvalue weighted by molar-refractivity contribution is -0.118. The summed E-state index contributed by atoms with van der Waals surface area (Å²) in [6.45, 7) is 2.11. The van der Waals surface area contributed by atoms with Crippen molar-refractivity contribution in [2.75, 3.05) is 4.90 Å². The largest absolute Gasteiger partial charge is 0.309 e. The van der Waals surface area contributed by atoms with Gasteiger partial charge in [-0.15, -0.1) is 0 Å². The number of halogens is 1. The highest BCUT2D eigenvalue weighted by Crippen LogP contribution is 2.32. The molecule has 0 saturated carbocycles. The van der Waals surface area contributed by atoms with Crippen molar-refractivity contribution in [2.24, 2.45) is 0 Å². The Morgan fingerprint density at radius 1 is 1.25 bits per heavy atom. The number of para-hydroxylation sites is 1. The van der Waals surface area contributed by atoms with Crippen LogP contribution in [0.25, 0.3) is 0 Å². The normalized spacial score (nSPS) is 17.1. The lowest BCUT2D eigenvalue weighted by Crippen LogP contribution is -2.36. The van der Waals surface area contributed by atoms with Crippen LogP contribution in [-0.2, 0) is 17.6 Å². The summed E-state index contributed by atoms with van der Waals surface area (Å²) in [5.41, 5.74) is 3.38. The van der Waals surface area contributed by atoms with E-state index < -0.39 is 0 Å². The first-order chi connectivity index (χ1) is 9.65. The molecule has 0 aromatic heterocycles. The van der Waals surface area contributed by atoms with Crippen molar-refractivity contribution in [1.29, 1.82) is 0 Å². The van der Waals surface area contributed by atoms with Crippen molar-refractivity contribution in [3.8, 4) is 0 Å². The molecule has 0 fully saturated rings. The van der Waals surface area contributed by atoms with Gasteiger partial charge in [0.05, 0.1) is 6.42 Å². The van der Waals surface area contributed by atoms with Gasteiger partial charge in [0.1, 0.15) is 0 Å². The van der Waals surface area contributed by atoms with Crippen LogP contribution in [0.4, 0.5) is 5.69 Å². The second-order valence-electron chi connectivity index (χ2n) is 5.25. The molecule has 0 saturated heterocycles. The number of rotatable bonds is 2. The second-order valence-corrected chi connectivity index (χ2v) is 6.17. The van der Waals surface area contributed by atoms with Crippen molar-refractivity contribution >= 4 is 27.5 Å². The zero-order chi connectivity index (χ0) is 14.1. The van der Waals surface area contributed by atoms with Crippen LogP contribution in [0.2, 0.25) is 0 Å². The predicted octanol–water partition coefficient (Wildman–Crippen LogP) is 3.97. The number of anilines is 1. The van der Waals surface area contributed by atoms with Gasteiger partial charge in [-0.2, -0.15) is 0 Å². The molecule has 2 nitrogen and oxygen atoms in total. The molecule has 0 radical (unpaired) electrons. The van der Waals surface area contributed by atoms with Crippen molar-refractivity contribution in [1.82, 2.24) is 0 Å². The molecule has 102 valence electrons. The molecule has 2 aromatic rings. The van der Waals surface area contributed by atoms with Crippen LogP contribution in [-0.4, -0.2) is 11.9 Å². The average molecular weight is 330 g/mol. The topological polar surface area (TPSA) is 20.3 Å². The molecule has 3 rings (SSSR count). The Labute approximate surface area is 127 Å². The lowest BCUT2D eigenvalue weighted by Gasteiger charge is -2.22. The molecule has 1 aliphatic rings. The fraction of sp³-hybridized carbons (Fsp3) is 0.235. The quantitative estimate of drug-likeness (QED) is 0.816. The van der Waals surface area contributed by atoms with E-state index in [9.17, 15) is 4.79 Å². The number of hydrogen-bond acceptors (Lipinski definition) is 1. The molecular formula is C17H16BrNO. The number of amides is 1. The Kier molecular flexibility index (Phi) is 3.62. The molecule has 20 heavy (non-hydrogen) atoms. The van der Waals surface area contributed by atoms with E-state index in [-0.39, 0.29) is 11.9 Å². The summed E-state index contributed by atoms with van der Waals surface area (Å²) in [4.78, 5) is 14.6. The molecule has 2 aromatic carbocycles. The SMILES string of the molecule is CC1Cc2ccccc2N1C(=O)Cc1cccc(Br)c1. The van der Waals surface area contributed by atoms with Gasteiger partial charge in [-0.3, -0.25) is 4.79 Å². The summed E-state index contributed by atoms with van der Waals surface area (Å²) in [5, 5.41) is 0. The van der Waals surface area contributed by atoms with Crippen molar-refractivity contribution in [3.63, 3.8) is 0 Å². The summed E-state index contributed by atoms with van der Waals surface area (Å²) < 4.78 is 1.01. The molecule has 1 atom stereocenters. The third kappa shape index (κ3) is 2.50. The van der Waals surface area contributed by atoms with Gasteiger partial charge >= 0.3 is 0 Å². The Bertz CT molecular complexity index is 653. The van der Waals surface area contributed by atoms with E-state index in [2.05, 4.69) is 28.9 Å². The Morgan fingerprint density at radius 2 is 2.05 bits per heavy atom. The standard InChI is InChI=1S/C17H16BrNO/c1-12-9-14-6-2-3-8-16(14)19(12)17(20)11-13-5-4-7-15(18)10-13/h2-8,10,12H,9,11H2,1H3. The maximum atomic E-state index is 12.6. The van der Waals surface area contributed by atoms with Crippen LogP contribution < -0.4 is 4.90 Å². The summed E-state index contributed by atoms with van der Waals surface area (Å²) in [6.07, 6.45) is 1.39. The molecule has 0 spiro atoms. The Balaban J connectivity index is 1.84. The van der Waals surface area contributed by atoms with Crippen molar-refractivity contribution in [2.45, 2.75) is 25.8 Å². The van der Waals surface area contributed by atoms with E-state index in [0.29, 0.717) is 6.42 Å². The van der Waals surface area contributed by atoms with Gasteiger partial charge in [0, 0.05) is 16.2 Å². The van der Waals surface area contributed by atoms with E-state index in [1.54, 1.807) is 0 Å². The van der Waals surface area contributed by atoms with Crippen LogP contribution >= 0.6 is 15.9 Å². The van der Waals surface area contributed by atoms with E-state index >= 15 is 0 Å². The zero-order valence-corrected chi connectivity index (χ0v) is 12.9. The minimum atomic E-state index is 0.167. The predicted molar refractivity (Wildman–Crippen MR) is 84.9 cm³/mol. The smallest absolute Gasteiger partial charge is 0.231 e.